The molecule has 140 valence electrons. The molecule has 2 atom stereocenters. The summed E-state index contributed by atoms with van der Waals surface area (Å²) in [6.07, 6.45) is -3.05. The van der Waals surface area contributed by atoms with Crippen molar-refractivity contribution in [1.82, 2.24) is 14.5 Å². The van der Waals surface area contributed by atoms with E-state index in [1.807, 2.05) is 18.7 Å². The fraction of sp³-hybridized carbons (Fsp3) is 0.438. The van der Waals surface area contributed by atoms with E-state index in [0.29, 0.717) is 12.1 Å². The quantitative estimate of drug-likeness (QED) is 0.607. The molecule has 2 heterocycles. The largest absolute Gasteiger partial charge is 0.422 e. The van der Waals surface area contributed by atoms with Gasteiger partial charge < -0.3 is 14.9 Å². The number of nitrogens with zero attached hydrogens (tertiary/aromatic N) is 4. The van der Waals surface area contributed by atoms with Crippen molar-refractivity contribution in [1.29, 1.82) is 0 Å². The number of aromatic nitrogens is 2. The lowest BCUT2D eigenvalue weighted by Crippen LogP contribution is -2.50. The smallest absolute Gasteiger partial charge is 0.416 e. The third kappa shape index (κ3) is 3.00. The molecule has 1 aromatic heterocycles. The van der Waals surface area contributed by atoms with Gasteiger partial charge in [0.05, 0.1) is 11.6 Å². The zero-order valence-corrected chi connectivity index (χ0v) is 14.3. The molecule has 2 aromatic rings. The van der Waals surface area contributed by atoms with E-state index in [4.69, 9.17) is 4.74 Å². The molecule has 0 saturated heterocycles. The average molecular weight is 370 g/mol. The van der Waals surface area contributed by atoms with Crippen molar-refractivity contribution >= 4 is 5.82 Å². The van der Waals surface area contributed by atoms with Crippen molar-refractivity contribution in [2.75, 3.05) is 7.05 Å². The lowest BCUT2D eigenvalue weighted by Gasteiger charge is -2.36. The van der Waals surface area contributed by atoms with Crippen LogP contribution in [0.3, 0.4) is 0 Å². The Bertz CT molecular complexity index is 834. The van der Waals surface area contributed by atoms with Crippen LogP contribution in [0.15, 0.2) is 30.5 Å². The molecule has 0 bridgehead atoms. The van der Waals surface area contributed by atoms with E-state index in [1.54, 1.807) is 11.6 Å². The second kappa shape index (κ2) is 5.97. The molecule has 10 heteroatoms. The van der Waals surface area contributed by atoms with Gasteiger partial charge in [-0.3, -0.25) is 9.47 Å². The van der Waals surface area contributed by atoms with E-state index in [0.717, 1.165) is 12.1 Å². The van der Waals surface area contributed by atoms with Gasteiger partial charge in [0.2, 0.25) is 0 Å². The van der Waals surface area contributed by atoms with Gasteiger partial charge in [-0.25, -0.2) is 0 Å². The minimum Gasteiger partial charge on any atom is -0.422 e. The van der Waals surface area contributed by atoms with Crippen molar-refractivity contribution in [3.05, 3.63) is 51.7 Å². The maximum Gasteiger partial charge on any atom is 0.416 e. The van der Waals surface area contributed by atoms with E-state index < -0.39 is 22.4 Å². The molecule has 1 aliphatic rings. The maximum absolute atomic E-state index is 12.7. The first-order chi connectivity index (χ1) is 12.0. The van der Waals surface area contributed by atoms with E-state index in [2.05, 4.69) is 4.98 Å². The standard InChI is InChI=1S/C16H17F3N4O3/c1-10-15(2,26-14-20-13(23(24)25)9-22(10)14)21(3)8-11-4-6-12(7-5-11)16(17,18)19/h4-7,9-10H,8H2,1-3H3. The van der Waals surface area contributed by atoms with Gasteiger partial charge in [-0.2, -0.15) is 13.2 Å². The van der Waals surface area contributed by atoms with Crippen LogP contribution in [0.25, 0.3) is 0 Å². The molecule has 0 fully saturated rings. The summed E-state index contributed by atoms with van der Waals surface area (Å²) in [6.45, 7) is 3.99. The molecule has 1 aromatic carbocycles. The number of halogens is 3. The van der Waals surface area contributed by atoms with Gasteiger partial charge in [0.25, 0.3) is 0 Å². The van der Waals surface area contributed by atoms with Crippen LogP contribution in [0.4, 0.5) is 19.0 Å². The molecule has 0 saturated carbocycles. The monoisotopic (exact) mass is 370 g/mol. The van der Waals surface area contributed by atoms with Gasteiger partial charge in [0.1, 0.15) is 6.20 Å². The number of ether oxygens (including phenoxy) is 1. The zero-order valence-electron chi connectivity index (χ0n) is 14.3. The number of fused-ring (bicyclic) bond motifs is 1. The van der Waals surface area contributed by atoms with Crippen molar-refractivity contribution in [2.45, 2.75) is 38.3 Å². The molecule has 0 aliphatic carbocycles. The third-order valence-electron chi connectivity index (χ3n) is 4.82. The highest BCUT2D eigenvalue weighted by Gasteiger charge is 2.49. The van der Waals surface area contributed by atoms with Crippen LogP contribution in [0.1, 0.15) is 31.0 Å². The first-order valence-electron chi connectivity index (χ1n) is 7.82. The number of hydrogen-bond donors (Lipinski definition) is 0. The highest BCUT2D eigenvalue weighted by Crippen LogP contribution is 2.41. The average Bonchev–Trinajstić information content (AvgIpc) is 3.06. The number of imidazole rings is 1. The van der Waals surface area contributed by atoms with Gasteiger partial charge in [0, 0.05) is 11.5 Å². The summed E-state index contributed by atoms with van der Waals surface area (Å²) in [5, 5.41) is 10.8. The summed E-state index contributed by atoms with van der Waals surface area (Å²) in [5.41, 5.74) is -0.860. The fourth-order valence-corrected chi connectivity index (χ4v) is 2.96. The minimum atomic E-state index is -4.37. The Morgan fingerprint density at radius 1 is 1.38 bits per heavy atom. The SMILES string of the molecule is CC1n2cc([N+](=O)[O-])nc2OC1(C)N(C)Cc1ccc(C(F)(F)F)cc1. The second-order valence-corrected chi connectivity index (χ2v) is 6.43. The number of benzene rings is 1. The van der Waals surface area contributed by atoms with Gasteiger partial charge >= 0.3 is 18.0 Å². The summed E-state index contributed by atoms with van der Waals surface area (Å²) >= 11 is 0. The van der Waals surface area contributed by atoms with Crippen LogP contribution in [0, 0.1) is 10.1 Å². The summed E-state index contributed by atoms with van der Waals surface area (Å²) in [5.74, 6) is -0.292. The summed E-state index contributed by atoms with van der Waals surface area (Å²) in [6, 6.07) is 4.79. The van der Waals surface area contributed by atoms with Crippen molar-refractivity contribution < 1.29 is 22.8 Å². The first kappa shape index (κ1) is 18.2. The van der Waals surface area contributed by atoms with Gasteiger partial charge in [-0.15, -0.1) is 0 Å². The second-order valence-electron chi connectivity index (χ2n) is 6.43. The Balaban J connectivity index is 1.76. The van der Waals surface area contributed by atoms with Gasteiger partial charge in [0.15, 0.2) is 5.72 Å². The summed E-state index contributed by atoms with van der Waals surface area (Å²) in [7, 11) is 1.77. The predicted octanol–water partition coefficient (Wildman–Crippen LogP) is 3.61. The first-order valence-corrected chi connectivity index (χ1v) is 7.82. The molecule has 0 spiro atoms. The molecule has 0 N–H and O–H groups in total. The Morgan fingerprint density at radius 2 is 2.00 bits per heavy atom. The van der Waals surface area contributed by atoms with Crippen molar-refractivity contribution in [2.24, 2.45) is 0 Å². The molecule has 2 unspecified atom stereocenters. The summed E-state index contributed by atoms with van der Waals surface area (Å²) in [4.78, 5) is 15.9. The maximum atomic E-state index is 12.7. The van der Waals surface area contributed by atoms with Crippen LogP contribution >= 0.6 is 0 Å². The van der Waals surface area contributed by atoms with E-state index in [1.165, 1.54) is 18.3 Å². The molecule has 0 radical (unpaired) electrons. The molecule has 7 nitrogen and oxygen atoms in total. The van der Waals surface area contributed by atoms with Crippen LogP contribution < -0.4 is 4.74 Å². The summed E-state index contributed by atoms with van der Waals surface area (Å²) < 4.78 is 45.4. The number of alkyl halides is 3. The van der Waals surface area contributed by atoms with Gasteiger partial charge in [-0.1, -0.05) is 12.1 Å². The lowest BCUT2D eigenvalue weighted by molar-refractivity contribution is -0.389. The molecule has 0 amide bonds. The lowest BCUT2D eigenvalue weighted by atomic mass is 10.0. The van der Waals surface area contributed by atoms with Crippen LogP contribution in [0.2, 0.25) is 0 Å². The molecule has 3 rings (SSSR count). The fourth-order valence-electron chi connectivity index (χ4n) is 2.96. The third-order valence-corrected chi connectivity index (χ3v) is 4.82. The van der Waals surface area contributed by atoms with Crippen LogP contribution in [0.5, 0.6) is 6.01 Å². The highest BCUT2D eigenvalue weighted by molar-refractivity contribution is 5.27. The Hall–Kier alpha value is -2.62. The molecule has 1 aliphatic heterocycles. The Kier molecular flexibility index (Phi) is 4.18. The predicted molar refractivity (Wildman–Crippen MR) is 85.5 cm³/mol. The topological polar surface area (TPSA) is 73.4 Å². The number of nitro groups is 1. The Morgan fingerprint density at radius 3 is 2.50 bits per heavy atom. The molecular weight excluding hydrogens is 353 g/mol. The number of hydrogen-bond acceptors (Lipinski definition) is 5. The number of likely N-dealkylation sites (N-methyl/N-ethyl adjacent to an activating group) is 1. The van der Waals surface area contributed by atoms with E-state index in [9.17, 15) is 23.3 Å². The van der Waals surface area contributed by atoms with Crippen LogP contribution in [-0.2, 0) is 12.7 Å². The Labute approximate surface area is 147 Å². The van der Waals surface area contributed by atoms with E-state index >= 15 is 0 Å². The number of rotatable bonds is 4. The van der Waals surface area contributed by atoms with Gasteiger partial charge in [-0.05, 0) is 43.5 Å². The molecule has 26 heavy (non-hydrogen) atoms. The normalized spacial score (nSPS) is 22.3. The zero-order chi connectivity index (χ0) is 19.3. The van der Waals surface area contributed by atoms with E-state index in [-0.39, 0.29) is 17.9 Å². The van der Waals surface area contributed by atoms with Crippen molar-refractivity contribution in [3.63, 3.8) is 0 Å². The van der Waals surface area contributed by atoms with Crippen LogP contribution in [-0.4, -0.2) is 32.1 Å². The minimum absolute atomic E-state index is 0.144. The van der Waals surface area contributed by atoms with Crippen molar-refractivity contribution in [3.8, 4) is 6.01 Å². The highest BCUT2D eigenvalue weighted by atomic mass is 19.4. The molecular formula is C16H17F3N4O3.